The van der Waals surface area contributed by atoms with Crippen LogP contribution in [0, 0.1) is 0 Å². The first-order valence-electron chi connectivity index (χ1n) is 9.29. The number of hydrogen-bond donors (Lipinski definition) is 4. The van der Waals surface area contributed by atoms with E-state index in [-0.39, 0.29) is 12.6 Å². The van der Waals surface area contributed by atoms with Crippen molar-refractivity contribution in [1.29, 1.82) is 0 Å². The fraction of sp³-hybridized carbons (Fsp3) is 0.250. The molecule has 1 aliphatic rings. The van der Waals surface area contributed by atoms with Crippen molar-refractivity contribution in [2.75, 3.05) is 17.2 Å². The summed E-state index contributed by atoms with van der Waals surface area (Å²) in [5, 5.41) is 28.8. The first kappa shape index (κ1) is 17.2. The van der Waals surface area contributed by atoms with Crippen LogP contribution in [0.1, 0.15) is 36.1 Å². The molecule has 0 bridgehead atoms. The summed E-state index contributed by atoms with van der Waals surface area (Å²) in [7, 11) is 0. The molecule has 28 heavy (non-hydrogen) atoms. The van der Waals surface area contributed by atoms with E-state index in [0.29, 0.717) is 17.7 Å². The molecule has 0 unspecified atom stereocenters. The zero-order valence-electron chi connectivity index (χ0n) is 15.1. The molecule has 1 fully saturated rings. The maximum atomic E-state index is 9.83. The van der Waals surface area contributed by atoms with E-state index in [1.54, 1.807) is 11.3 Å². The summed E-state index contributed by atoms with van der Waals surface area (Å²) in [5.74, 6) is 2.53. The summed E-state index contributed by atoms with van der Waals surface area (Å²) in [5.41, 5.74) is 3.00. The molecule has 3 aromatic heterocycles. The molecule has 0 radical (unpaired) electrons. The van der Waals surface area contributed by atoms with Crippen molar-refractivity contribution in [3.8, 4) is 0 Å². The monoisotopic (exact) mass is 392 g/mol. The normalized spacial score (nSPS) is 14.9. The van der Waals surface area contributed by atoms with Crippen molar-refractivity contribution in [2.45, 2.75) is 24.8 Å². The third-order valence-electron chi connectivity index (χ3n) is 4.89. The Morgan fingerprint density at radius 1 is 1.18 bits per heavy atom. The average molecular weight is 392 g/mol. The lowest BCUT2D eigenvalue weighted by molar-refractivity contribution is 0.276. The van der Waals surface area contributed by atoms with Crippen LogP contribution in [0.15, 0.2) is 47.2 Å². The van der Waals surface area contributed by atoms with Crippen LogP contribution in [0.3, 0.4) is 0 Å². The predicted octanol–water partition coefficient (Wildman–Crippen LogP) is 4.18. The number of anilines is 3. The van der Waals surface area contributed by atoms with Gasteiger partial charge in [-0.1, -0.05) is 30.3 Å². The van der Waals surface area contributed by atoms with Crippen LogP contribution in [0.4, 0.5) is 17.6 Å². The maximum Gasteiger partial charge on any atom is 0.225 e. The molecular weight excluding hydrogens is 372 g/mol. The molecule has 3 heterocycles. The van der Waals surface area contributed by atoms with E-state index in [1.807, 2.05) is 47.2 Å². The van der Waals surface area contributed by atoms with Gasteiger partial charge >= 0.3 is 0 Å². The molecule has 0 saturated heterocycles. The minimum absolute atomic E-state index is 0.0536. The third-order valence-corrected chi connectivity index (χ3v) is 5.62. The molecule has 142 valence electrons. The van der Waals surface area contributed by atoms with Gasteiger partial charge in [-0.05, 0) is 18.4 Å². The van der Waals surface area contributed by atoms with Crippen LogP contribution in [0.25, 0.3) is 10.9 Å². The second-order valence-corrected chi connectivity index (χ2v) is 7.71. The van der Waals surface area contributed by atoms with Crippen LogP contribution in [-0.4, -0.2) is 31.9 Å². The molecule has 4 aromatic rings. The Morgan fingerprint density at radius 2 is 2.04 bits per heavy atom. The lowest BCUT2D eigenvalue weighted by Crippen LogP contribution is -2.17. The summed E-state index contributed by atoms with van der Waals surface area (Å²) in [4.78, 5) is 9.26. The fourth-order valence-electron chi connectivity index (χ4n) is 3.22. The molecule has 5 rings (SSSR count). The van der Waals surface area contributed by atoms with Crippen molar-refractivity contribution in [1.82, 2.24) is 20.2 Å². The minimum atomic E-state index is -0.281. The van der Waals surface area contributed by atoms with Crippen LogP contribution in [-0.2, 0) is 0 Å². The molecule has 8 heteroatoms. The second-order valence-electron chi connectivity index (χ2n) is 6.96. The van der Waals surface area contributed by atoms with Crippen LogP contribution < -0.4 is 10.6 Å². The number of rotatable bonds is 7. The standard InChI is InChI=1S/C20H20N6OS/c27-9-16(12-4-2-1-3-5-12)21-20-22-17-11-28-10-14(17)19(24-20)23-18-8-15(25-26-18)13-6-7-13/h1-5,8,10-11,13,16,27H,6-7,9H2,(H3,21,22,23,24,25,26)/t16-/m0/s1. The Kier molecular flexibility index (Phi) is 4.42. The summed E-state index contributed by atoms with van der Waals surface area (Å²) in [6.07, 6.45) is 2.44. The Bertz CT molecular complexity index is 1090. The Morgan fingerprint density at radius 3 is 2.82 bits per heavy atom. The summed E-state index contributed by atoms with van der Waals surface area (Å²) in [6, 6.07) is 11.6. The number of hydrogen-bond acceptors (Lipinski definition) is 7. The fourth-order valence-corrected chi connectivity index (χ4v) is 3.97. The lowest BCUT2D eigenvalue weighted by atomic mass is 10.1. The SMILES string of the molecule is OC[C@H](Nc1nc(Nc2cc(C3CC3)[nH]n2)c2cscc2n1)c1ccccc1. The predicted molar refractivity (Wildman–Crippen MR) is 111 cm³/mol. The van der Waals surface area contributed by atoms with Gasteiger partial charge in [0.2, 0.25) is 5.95 Å². The van der Waals surface area contributed by atoms with Crippen molar-refractivity contribution < 1.29 is 5.11 Å². The number of aliphatic hydroxyl groups is 1. The lowest BCUT2D eigenvalue weighted by Gasteiger charge is -2.17. The zero-order valence-corrected chi connectivity index (χ0v) is 15.9. The number of thiophene rings is 1. The van der Waals surface area contributed by atoms with Gasteiger partial charge in [0.1, 0.15) is 5.82 Å². The average Bonchev–Trinajstić information content (AvgIpc) is 3.28. The highest BCUT2D eigenvalue weighted by molar-refractivity contribution is 7.09. The molecule has 0 aliphatic heterocycles. The van der Waals surface area contributed by atoms with Crippen LogP contribution in [0.2, 0.25) is 0 Å². The highest BCUT2D eigenvalue weighted by atomic mass is 32.1. The highest BCUT2D eigenvalue weighted by Gasteiger charge is 2.25. The number of aromatic amines is 1. The van der Waals surface area contributed by atoms with Gasteiger partial charge in [0, 0.05) is 28.4 Å². The van der Waals surface area contributed by atoms with Crippen molar-refractivity contribution >= 4 is 39.8 Å². The van der Waals surface area contributed by atoms with Crippen LogP contribution >= 0.6 is 11.3 Å². The largest absolute Gasteiger partial charge is 0.394 e. The van der Waals surface area contributed by atoms with Gasteiger partial charge < -0.3 is 15.7 Å². The van der Waals surface area contributed by atoms with Crippen molar-refractivity contribution in [2.24, 2.45) is 0 Å². The van der Waals surface area contributed by atoms with E-state index in [4.69, 9.17) is 0 Å². The molecule has 7 nitrogen and oxygen atoms in total. The third kappa shape index (κ3) is 3.44. The van der Waals surface area contributed by atoms with E-state index in [0.717, 1.165) is 22.3 Å². The number of fused-ring (bicyclic) bond motifs is 1. The van der Waals surface area contributed by atoms with E-state index in [1.165, 1.54) is 18.5 Å². The van der Waals surface area contributed by atoms with Crippen molar-refractivity contribution in [3.63, 3.8) is 0 Å². The first-order valence-corrected chi connectivity index (χ1v) is 10.2. The molecule has 0 spiro atoms. The quantitative estimate of drug-likeness (QED) is 0.377. The van der Waals surface area contributed by atoms with E-state index in [2.05, 4.69) is 30.8 Å². The Labute approximate surface area is 165 Å². The molecule has 1 saturated carbocycles. The first-order chi connectivity index (χ1) is 13.8. The molecule has 1 atom stereocenters. The van der Waals surface area contributed by atoms with Gasteiger partial charge in [0.15, 0.2) is 5.82 Å². The van der Waals surface area contributed by atoms with Gasteiger partial charge in [-0.3, -0.25) is 5.10 Å². The molecular formula is C20H20N6OS. The summed E-state index contributed by atoms with van der Waals surface area (Å²) in [6.45, 7) is -0.0536. The molecule has 1 aliphatic carbocycles. The van der Waals surface area contributed by atoms with E-state index < -0.39 is 0 Å². The maximum absolute atomic E-state index is 9.83. The smallest absolute Gasteiger partial charge is 0.225 e. The van der Waals surface area contributed by atoms with Gasteiger partial charge in [-0.2, -0.15) is 10.1 Å². The number of nitrogens with one attached hydrogen (secondary N) is 3. The summed E-state index contributed by atoms with van der Waals surface area (Å²) < 4.78 is 0. The number of nitrogens with zero attached hydrogens (tertiary/aromatic N) is 3. The molecule has 1 aromatic carbocycles. The van der Waals surface area contributed by atoms with Gasteiger partial charge in [0.05, 0.1) is 23.6 Å². The summed E-state index contributed by atoms with van der Waals surface area (Å²) >= 11 is 1.58. The number of benzene rings is 1. The van der Waals surface area contributed by atoms with Gasteiger partial charge in [-0.15, -0.1) is 11.3 Å². The van der Waals surface area contributed by atoms with Crippen molar-refractivity contribution in [3.05, 3.63) is 58.4 Å². The zero-order chi connectivity index (χ0) is 18.9. The number of H-pyrrole nitrogens is 1. The van der Waals surface area contributed by atoms with Gasteiger partial charge in [-0.25, -0.2) is 4.98 Å². The van der Waals surface area contributed by atoms with Gasteiger partial charge in [0.25, 0.3) is 0 Å². The second kappa shape index (κ2) is 7.21. The topological polar surface area (TPSA) is 98.8 Å². The highest BCUT2D eigenvalue weighted by Crippen LogP contribution is 2.40. The molecule has 4 N–H and O–H groups in total. The van der Waals surface area contributed by atoms with E-state index in [9.17, 15) is 5.11 Å². The Hall–Kier alpha value is -2.97. The van der Waals surface area contributed by atoms with Crippen LogP contribution in [0.5, 0.6) is 0 Å². The van der Waals surface area contributed by atoms with E-state index >= 15 is 0 Å². The molecule has 0 amide bonds. The Balaban J connectivity index is 1.44. The number of aromatic nitrogens is 4. The number of aliphatic hydroxyl groups excluding tert-OH is 1. The minimum Gasteiger partial charge on any atom is -0.394 e.